The van der Waals surface area contributed by atoms with Gasteiger partial charge in [-0.3, -0.25) is 4.68 Å². The summed E-state index contributed by atoms with van der Waals surface area (Å²) < 4.78 is 1.91. The van der Waals surface area contributed by atoms with Gasteiger partial charge in [-0.1, -0.05) is 0 Å². The van der Waals surface area contributed by atoms with Gasteiger partial charge in [0.15, 0.2) is 0 Å². The Morgan fingerprint density at radius 3 is 3.00 bits per heavy atom. The topological polar surface area (TPSA) is 43.8 Å². The number of nitrogens with two attached hydrogens (primary N) is 1. The molecule has 0 aliphatic heterocycles. The van der Waals surface area contributed by atoms with E-state index in [9.17, 15) is 0 Å². The van der Waals surface area contributed by atoms with Gasteiger partial charge in [0, 0.05) is 11.8 Å². The van der Waals surface area contributed by atoms with Gasteiger partial charge in [0.25, 0.3) is 0 Å². The van der Waals surface area contributed by atoms with E-state index >= 15 is 0 Å². The molecule has 0 unspecified atom stereocenters. The minimum atomic E-state index is 0.590. The highest BCUT2D eigenvalue weighted by Gasteiger charge is 2.01. The summed E-state index contributed by atoms with van der Waals surface area (Å²) >= 11 is 1.70. The second-order valence-corrected chi connectivity index (χ2v) is 3.78. The summed E-state index contributed by atoms with van der Waals surface area (Å²) in [5.74, 6) is 0.590. The molecule has 2 aromatic rings. The van der Waals surface area contributed by atoms with E-state index in [-0.39, 0.29) is 0 Å². The zero-order valence-electron chi connectivity index (χ0n) is 7.40. The molecular formula is C9H11N3S. The highest BCUT2D eigenvalue weighted by Crippen LogP contribution is 2.11. The number of rotatable bonds is 2. The summed E-state index contributed by atoms with van der Waals surface area (Å²) in [5, 5.41) is 8.37. The van der Waals surface area contributed by atoms with Crippen molar-refractivity contribution in [3.05, 3.63) is 34.2 Å². The highest BCUT2D eigenvalue weighted by molar-refractivity contribution is 7.07. The van der Waals surface area contributed by atoms with Crippen molar-refractivity contribution in [2.24, 2.45) is 0 Å². The molecule has 2 rings (SSSR count). The molecule has 0 amide bonds. The molecule has 0 aliphatic rings. The molecule has 13 heavy (non-hydrogen) atoms. The Morgan fingerprint density at radius 2 is 2.46 bits per heavy atom. The van der Waals surface area contributed by atoms with Gasteiger partial charge in [-0.25, -0.2) is 0 Å². The number of hydrogen-bond donors (Lipinski definition) is 1. The Labute approximate surface area is 80.8 Å². The second-order valence-electron chi connectivity index (χ2n) is 3.00. The fourth-order valence-corrected chi connectivity index (χ4v) is 1.91. The Bertz CT molecular complexity index is 389. The number of nitrogen functional groups attached to an aromatic ring is 1. The first-order valence-corrected chi connectivity index (χ1v) is 5.01. The number of aromatic nitrogens is 2. The van der Waals surface area contributed by atoms with Crippen LogP contribution in [0.15, 0.2) is 22.9 Å². The average Bonchev–Trinajstić information content (AvgIpc) is 2.63. The van der Waals surface area contributed by atoms with Crippen LogP contribution in [0.4, 0.5) is 5.82 Å². The van der Waals surface area contributed by atoms with Crippen LogP contribution in [0.2, 0.25) is 0 Å². The van der Waals surface area contributed by atoms with E-state index in [0.717, 1.165) is 12.2 Å². The van der Waals surface area contributed by atoms with Crippen molar-refractivity contribution in [1.29, 1.82) is 0 Å². The molecule has 0 aromatic carbocycles. The van der Waals surface area contributed by atoms with Crippen molar-refractivity contribution < 1.29 is 0 Å². The molecule has 0 saturated heterocycles. The van der Waals surface area contributed by atoms with E-state index in [2.05, 4.69) is 21.9 Å². The smallest absolute Gasteiger partial charge is 0.145 e. The standard InChI is InChI=1S/C9H11N3S/c1-7-4-9(10)11-12(7)5-8-2-3-13-6-8/h2-4,6H,5H2,1H3,(H2,10,11). The molecule has 0 spiro atoms. The van der Waals surface area contributed by atoms with E-state index in [0.29, 0.717) is 5.82 Å². The molecule has 2 heterocycles. The molecule has 2 N–H and O–H groups in total. The Balaban J connectivity index is 2.23. The first kappa shape index (κ1) is 8.31. The lowest BCUT2D eigenvalue weighted by Crippen LogP contribution is -2.03. The van der Waals surface area contributed by atoms with Crippen LogP contribution in [0, 0.1) is 6.92 Å². The summed E-state index contributed by atoms with van der Waals surface area (Å²) in [6, 6.07) is 3.98. The Kier molecular flexibility index (Phi) is 2.06. The van der Waals surface area contributed by atoms with Crippen LogP contribution in [0.3, 0.4) is 0 Å². The lowest BCUT2D eigenvalue weighted by atomic mass is 10.3. The van der Waals surface area contributed by atoms with Crippen LogP contribution >= 0.6 is 11.3 Å². The number of hydrogen-bond acceptors (Lipinski definition) is 3. The van der Waals surface area contributed by atoms with Crippen LogP contribution in [0.1, 0.15) is 11.3 Å². The van der Waals surface area contributed by atoms with Crippen LogP contribution < -0.4 is 5.73 Å². The summed E-state index contributed by atoms with van der Waals surface area (Å²) in [6.07, 6.45) is 0. The van der Waals surface area contributed by atoms with E-state index in [1.54, 1.807) is 11.3 Å². The molecule has 0 atom stereocenters. The van der Waals surface area contributed by atoms with Crippen molar-refractivity contribution in [2.45, 2.75) is 13.5 Å². The quantitative estimate of drug-likeness (QED) is 0.791. The van der Waals surface area contributed by atoms with Gasteiger partial charge in [0.05, 0.1) is 6.54 Å². The molecule has 68 valence electrons. The van der Waals surface area contributed by atoms with Gasteiger partial charge < -0.3 is 5.73 Å². The SMILES string of the molecule is Cc1cc(N)nn1Cc1ccsc1. The first-order chi connectivity index (χ1) is 6.25. The fourth-order valence-electron chi connectivity index (χ4n) is 1.25. The zero-order chi connectivity index (χ0) is 9.26. The van der Waals surface area contributed by atoms with Gasteiger partial charge in [0.1, 0.15) is 5.82 Å². The minimum Gasteiger partial charge on any atom is -0.382 e. The lowest BCUT2D eigenvalue weighted by molar-refractivity contribution is 0.669. The maximum Gasteiger partial charge on any atom is 0.145 e. The largest absolute Gasteiger partial charge is 0.382 e. The van der Waals surface area contributed by atoms with Crippen molar-refractivity contribution in [1.82, 2.24) is 9.78 Å². The number of anilines is 1. The molecular weight excluding hydrogens is 182 g/mol. The monoisotopic (exact) mass is 193 g/mol. The van der Waals surface area contributed by atoms with E-state index in [1.807, 2.05) is 17.7 Å². The van der Waals surface area contributed by atoms with Gasteiger partial charge in [-0.15, -0.1) is 0 Å². The molecule has 0 saturated carbocycles. The van der Waals surface area contributed by atoms with Gasteiger partial charge >= 0.3 is 0 Å². The van der Waals surface area contributed by atoms with Crippen molar-refractivity contribution in [3.63, 3.8) is 0 Å². The fraction of sp³-hybridized carbons (Fsp3) is 0.222. The highest BCUT2D eigenvalue weighted by atomic mass is 32.1. The van der Waals surface area contributed by atoms with Crippen molar-refractivity contribution in [3.8, 4) is 0 Å². The average molecular weight is 193 g/mol. The minimum absolute atomic E-state index is 0.590. The maximum atomic E-state index is 5.58. The number of thiophene rings is 1. The molecule has 0 bridgehead atoms. The van der Waals surface area contributed by atoms with Crippen molar-refractivity contribution >= 4 is 17.2 Å². The first-order valence-electron chi connectivity index (χ1n) is 4.07. The molecule has 0 fully saturated rings. The van der Waals surface area contributed by atoms with Crippen LogP contribution in [-0.4, -0.2) is 9.78 Å². The third-order valence-electron chi connectivity index (χ3n) is 1.91. The summed E-state index contributed by atoms with van der Waals surface area (Å²) in [4.78, 5) is 0. The molecule has 3 nitrogen and oxygen atoms in total. The zero-order valence-corrected chi connectivity index (χ0v) is 8.21. The summed E-state index contributed by atoms with van der Waals surface area (Å²) in [6.45, 7) is 2.82. The molecule has 0 radical (unpaired) electrons. The Morgan fingerprint density at radius 1 is 1.62 bits per heavy atom. The van der Waals surface area contributed by atoms with Crippen LogP contribution in [-0.2, 0) is 6.54 Å². The van der Waals surface area contributed by atoms with Crippen molar-refractivity contribution in [2.75, 3.05) is 5.73 Å². The van der Waals surface area contributed by atoms with E-state index in [1.165, 1.54) is 5.56 Å². The molecule has 2 aromatic heterocycles. The number of nitrogens with zero attached hydrogens (tertiary/aromatic N) is 2. The van der Waals surface area contributed by atoms with Crippen LogP contribution in [0.25, 0.3) is 0 Å². The third kappa shape index (κ3) is 1.72. The predicted octanol–water partition coefficient (Wildman–Crippen LogP) is 1.88. The van der Waals surface area contributed by atoms with Gasteiger partial charge in [0.2, 0.25) is 0 Å². The van der Waals surface area contributed by atoms with Crippen LogP contribution in [0.5, 0.6) is 0 Å². The predicted molar refractivity (Wildman–Crippen MR) is 54.8 cm³/mol. The number of aryl methyl sites for hydroxylation is 1. The second kappa shape index (κ2) is 3.22. The Hall–Kier alpha value is -1.29. The summed E-state index contributed by atoms with van der Waals surface area (Å²) in [7, 11) is 0. The lowest BCUT2D eigenvalue weighted by Gasteiger charge is -2.00. The molecule has 4 heteroatoms. The normalized spacial score (nSPS) is 10.5. The maximum absolute atomic E-state index is 5.58. The molecule has 0 aliphatic carbocycles. The van der Waals surface area contributed by atoms with Gasteiger partial charge in [-0.05, 0) is 29.3 Å². The summed E-state index contributed by atoms with van der Waals surface area (Å²) in [5.41, 5.74) is 7.95. The van der Waals surface area contributed by atoms with E-state index < -0.39 is 0 Å². The van der Waals surface area contributed by atoms with E-state index in [4.69, 9.17) is 5.73 Å². The third-order valence-corrected chi connectivity index (χ3v) is 2.64. The van der Waals surface area contributed by atoms with Gasteiger partial charge in [-0.2, -0.15) is 16.4 Å².